The number of aromatic nitrogens is 1. The summed E-state index contributed by atoms with van der Waals surface area (Å²) in [7, 11) is 0. The molecule has 2 aromatic rings. The minimum Gasteiger partial charge on any atom is -0.246 e. The van der Waals surface area contributed by atoms with Gasteiger partial charge in [0, 0.05) is 10.6 Å². The van der Waals surface area contributed by atoms with Crippen LogP contribution in [0.1, 0.15) is 16.8 Å². The number of aryl methyl sites for hydroxylation is 2. The lowest BCUT2D eigenvalue weighted by Gasteiger charge is -2.04. The first-order valence-corrected chi connectivity index (χ1v) is 6.12. The summed E-state index contributed by atoms with van der Waals surface area (Å²) in [5.74, 6) is 0. The molecule has 0 aliphatic carbocycles. The molecule has 0 spiro atoms. The summed E-state index contributed by atoms with van der Waals surface area (Å²) in [4.78, 5) is 5.51. The molecule has 0 amide bonds. The molecule has 0 aliphatic heterocycles. The minimum atomic E-state index is 0.680. The van der Waals surface area contributed by atoms with Crippen LogP contribution in [0, 0.1) is 25.2 Å². The molecule has 84 valence electrons. The summed E-state index contributed by atoms with van der Waals surface area (Å²) >= 11 is 1.58. The van der Waals surface area contributed by atoms with E-state index in [1.54, 1.807) is 17.8 Å². The second-order valence-electron chi connectivity index (χ2n) is 3.87. The van der Waals surface area contributed by atoms with Gasteiger partial charge in [-0.25, -0.2) is 4.98 Å². The van der Waals surface area contributed by atoms with E-state index in [4.69, 9.17) is 5.26 Å². The molecule has 0 bridgehead atoms. The van der Waals surface area contributed by atoms with E-state index in [1.165, 1.54) is 5.56 Å². The fourth-order valence-electron chi connectivity index (χ4n) is 1.61. The van der Waals surface area contributed by atoms with Crippen LogP contribution in [0.2, 0.25) is 0 Å². The smallest absolute Gasteiger partial charge is 0.101 e. The zero-order valence-electron chi connectivity index (χ0n) is 9.77. The van der Waals surface area contributed by atoms with Gasteiger partial charge in [-0.05, 0) is 49.7 Å². The van der Waals surface area contributed by atoms with Crippen molar-refractivity contribution in [3.8, 4) is 6.07 Å². The normalized spacial score (nSPS) is 9.94. The number of benzene rings is 1. The van der Waals surface area contributed by atoms with Crippen molar-refractivity contribution in [1.29, 1.82) is 5.26 Å². The van der Waals surface area contributed by atoms with Gasteiger partial charge in [0.2, 0.25) is 0 Å². The van der Waals surface area contributed by atoms with Crippen molar-refractivity contribution in [2.45, 2.75) is 23.8 Å². The van der Waals surface area contributed by atoms with E-state index in [0.29, 0.717) is 5.56 Å². The number of hydrogen-bond donors (Lipinski definition) is 0. The third-order valence-corrected chi connectivity index (χ3v) is 3.17. The van der Waals surface area contributed by atoms with Gasteiger partial charge < -0.3 is 0 Å². The molecule has 0 fully saturated rings. The van der Waals surface area contributed by atoms with Crippen LogP contribution in [-0.2, 0) is 0 Å². The molecule has 17 heavy (non-hydrogen) atoms. The maximum absolute atomic E-state index is 8.84. The predicted octanol–water partition coefficient (Wildman–Crippen LogP) is 3.72. The van der Waals surface area contributed by atoms with Crippen LogP contribution in [0.5, 0.6) is 0 Å². The molecule has 2 nitrogen and oxygen atoms in total. The summed E-state index contributed by atoms with van der Waals surface area (Å²) in [6.45, 7) is 4.05. The van der Waals surface area contributed by atoms with Gasteiger partial charge in [-0.3, -0.25) is 0 Å². The van der Waals surface area contributed by atoms with Gasteiger partial charge in [0.25, 0.3) is 0 Å². The summed E-state index contributed by atoms with van der Waals surface area (Å²) < 4.78 is 0. The van der Waals surface area contributed by atoms with Gasteiger partial charge in [-0.2, -0.15) is 5.26 Å². The molecular weight excluding hydrogens is 228 g/mol. The summed E-state index contributed by atoms with van der Waals surface area (Å²) in [5.41, 5.74) is 2.90. The topological polar surface area (TPSA) is 36.7 Å². The first-order chi connectivity index (χ1) is 8.17. The number of hydrogen-bond acceptors (Lipinski definition) is 3. The average Bonchev–Trinajstić information content (AvgIpc) is 2.28. The molecule has 3 heteroatoms. The monoisotopic (exact) mass is 240 g/mol. The number of rotatable bonds is 2. The van der Waals surface area contributed by atoms with Crippen molar-refractivity contribution in [2.75, 3.05) is 0 Å². The summed E-state index contributed by atoms with van der Waals surface area (Å²) in [5, 5.41) is 9.81. The standard InChI is InChI=1S/C14H12N2S/c1-10-6-11(2)16-14(7-10)17-13-5-3-4-12(8-13)9-15/h3-8H,1-2H3. The van der Waals surface area contributed by atoms with Gasteiger partial charge in [-0.1, -0.05) is 17.8 Å². The molecular formula is C14H12N2S. The third-order valence-electron chi connectivity index (χ3n) is 2.26. The Balaban J connectivity index is 2.28. The van der Waals surface area contributed by atoms with Crippen molar-refractivity contribution in [1.82, 2.24) is 4.98 Å². The first-order valence-electron chi connectivity index (χ1n) is 5.31. The van der Waals surface area contributed by atoms with E-state index in [1.807, 2.05) is 25.1 Å². The predicted molar refractivity (Wildman–Crippen MR) is 69.0 cm³/mol. The number of nitriles is 1. The van der Waals surface area contributed by atoms with Gasteiger partial charge >= 0.3 is 0 Å². The zero-order chi connectivity index (χ0) is 12.3. The molecule has 0 aliphatic rings. The van der Waals surface area contributed by atoms with Crippen LogP contribution in [0.3, 0.4) is 0 Å². The molecule has 1 aromatic carbocycles. The SMILES string of the molecule is Cc1cc(C)nc(Sc2cccc(C#N)c2)c1. The van der Waals surface area contributed by atoms with E-state index >= 15 is 0 Å². The van der Waals surface area contributed by atoms with Crippen LogP contribution in [0.4, 0.5) is 0 Å². The minimum absolute atomic E-state index is 0.680. The summed E-state index contributed by atoms with van der Waals surface area (Å²) in [6, 6.07) is 13.8. The zero-order valence-corrected chi connectivity index (χ0v) is 10.6. The second kappa shape index (κ2) is 5.03. The lowest BCUT2D eigenvalue weighted by molar-refractivity contribution is 1.05. The molecule has 1 aromatic heterocycles. The Morgan fingerprint density at radius 3 is 2.71 bits per heavy atom. The van der Waals surface area contributed by atoms with Crippen LogP contribution >= 0.6 is 11.8 Å². The second-order valence-corrected chi connectivity index (χ2v) is 4.96. The van der Waals surface area contributed by atoms with Gasteiger partial charge in [-0.15, -0.1) is 0 Å². The molecule has 0 saturated heterocycles. The molecule has 0 saturated carbocycles. The Labute approximate surface area is 105 Å². The lowest BCUT2D eigenvalue weighted by atomic mass is 10.2. The fourth-order valence-corrected chi connectivity index (χ4v) is 2.61. The third kappa shape index (κ3) is 3.08. The highest BCUT2D eigenvalue weighted by Crippen LogP contribution is 2.27. The Bertz CT molecular complexity index is 565. The van der Waals surface area contributed by atoms with E-state index in [-0.39, 0.29) is 0 Å². The number of nitrogens with zero attached hydrogens (tertiary/aromatic N) is 2. The van der Waals surface area contributed by atoms with E-state index < -0.39 is 0 Å². The van der Waals surface area contributed by atoms with E-state index in [0.717, 1.165) is 15.6 Å². The van der Waals surface area contributed by atoms with Crippen molar-refractivity contribution in [3.05, 3.63) is 53.2 Å². The molecule has 0 radical (unpaired) electrons. The highest BCUT2D eigenvalue weighted by molar-refractivity contribution is 7.99. The molecule has 1 heterocycles. The Kier molecular flexibility index (Phi) is 3.46. The van der Waals surface area contributed by atoms with Crippen molar-refractivity contribution in [3.63, 3.8) is 0 Å². The molecule has 0 unspecified atom stereocenters. The van der Waals surface area contributed by atoms with Gasteiger partial charge in [0.1, 0.15) is 5.03 Å². The Morgan fingerprint density at radius 1 is 1.18 bits per heavy atom. The maximum Gasteiger partial charge on any atom is 0.101 e. The highest BCUT2D eigenvalue weighted by Gasteiger charge is 2.01. The largest absolute Gasteiger partial charge is 0.246 e. The van der Waals surface area contributed by atoms with Crippen LogP contribution < -0.4 is 0 Å². The summed E-state index contributed by atoms with van der Waals surface area (Å²) in [6.07, 6.45) is 0. The van der Waals surface area contributed by atoms with Gasteiger partial charge in [0.15, 0.2) is 0 Å². The Hall–Kier alpha value is -1.79. The molecule has 2 rings (SSSR count). The van der Waals surface area contributed by atoms with Crippen molar-refractivity contribution >= 4 is 11.8 Å². The maximum atomic E-state index is 8.84. The lowest BCUT2D eigenvalue weighted by Crippen LogP contribution is -1.86. The molecule has 0 atom stereocenters. The van der Waals surface area contributed by atoms with E-state index in [9.17, 15) is 0 Å². The first kappa shape index (κ1) is 11.7. The number of pyridine rings is 1. The van der Waals surface area contributed by atoms with Crippen LogP contribution in [0.15, 0.2) is 46.3 Å². The van der Waals surface area contributed by atoms with Crippen LogP contribution in [0.25, 0.3) is 0 Å². The van der Waals surface area contributed by atoms with Crippen molar-refractivity contribution in [2.24, 2.45) is 0 Å². The average molecular weight is 240 g/mol. The molecule has 0 N–H and O–H groups in total. The Morgan fingerprint density at radius 2 is 2.00 bits per heavy atom. The highest BCUT2D eigenvalue weighted by atomic mass is 32.2. The van der Waals surface area contributed by atoms with E-state index in [2.05, 4.69) is 30.1 Å². The quantitative estimate of drug-likeness (QED) is 0.802. The van der Waals surface area contributed by atoms with Crippen LogP contribution in [-0.4, -0.2) is 4.98 Å². The fraction of sp³-hybridized carbons (Fsp3) is 0.143. The van der Waals surface area contributed by atoms with Crippen molar-refractivity contribution < 1.29 is 0 Å². The van der Waals surface area contributed by atoms with Gasteiger partial charge in [0.05, 0.1) is 11.6 Å².